The molecule has 12 rings (SSSR count). The number of nitrogens with zero attached hydrogens (tertiary/aromatic N) is 4. The lowest BCUT2D eigenvalue weighted by atomic mass is 9.65. The molecule has 0 amide bonds. The highest BCUT2D eigenvalue weighted by Gasteiger charge is 2.54. The summed E-state index contributed by atoms with van der Waals surface area (Å²) in [5.41, 5.74) is 20.7. The molecule has 5 aliphatic rings. The number of fused-ring (bicyclic) bond motifs is 10. The zero-order chi connectivity index (χ0) is 41.9. The first-order valence-corrected chi connectivity index (χ1v) is 22.4. The summed E-state index contributed by atoms with van der Waals surface area (Å²) in [6, 6.07) is 51.9. The van der Waals surface area contributed by atoms with Gasteiger partial charge in [-0.15, -0.1) is 0 Å². The third-order valence-electron chi connectivity index (χ3n) is 13.9. The van der Waals surface area contributed by atoms with Crippen molar-refractivity contribution in [3.05, 3.63) is 238 Å². The maximum absolute atomic E-state index is 5.05. The summed E-state index contributed by atoms with van der Waals surface area (Å²) < 4.78 is 2.46. The monoisotopic (exact) mass is 810 g/mol. The van der Waals surface area contributed by atoms with Crippen LogP contribution < -0.4 is 0 Å². The minimum absolute atomic E-state index is 0.244. The van der Waals surface area contributed by atoms with Crippen LogP contribution in [0.15, 0.2) is 225 Å². The van der Waals surface area contributed by atoms with Gasteiger partial charge in [0.05, 0.1) is 23.0 Å². The zero-order valence-corrected chi connectivity index (χ0v) is 35.3. The van der Waals surface area contributed by atoms with Crippen molar-refractivity contribution in [2.45, 2.75) is 50.5 Å². The lowest BCUT2D eigenvalue weighted by Crippen LogP contribution is -2.30. The molecular formula is C59H46N4. The van der Waals surface area contributed by atoms with Gasteiger partial charge in [-0.3, -0.25) is 4.99 Å². The quantitative estimate of drug-likeness (QED) is 0.119. The highest BCUT2D eigenvalue weighted by molar-refractivity contribution is 6.14. The summed E-state index contributed by atoms with van der Waals surface area (Å²) in [7, 11) is 0. The molecule has 5 aliphatic carbocycles. The van der Waals surface area contributed by atoms with Crippen LogP contribution in [0.5, 0.6) is 0 Å². The normalized spacial score (nSPS) is 17.5. The van der Waals surface area contributed by atoms with E-state index in [4.69, 9.17) is 9.98 Å². The Morgan fingerprint density at radius 2 is 1.21 bits per heavy atom. The molecule has 302 valence electrons. The fourth-order valence-electron chi connectivity index (χ4n) is 11.2. The van der Waals surface area contributed by atoms with Crippen molar-refractivity contribution < 1.29 is 0 Å². The third-order valence-corrected chi connectivity index (χ3v) is 13.9. The van der Waals surface area contributed by atoms with Gasteiger partial charge in [-0.1, -0.05) is 134 Å². The Morgan fingerprint density at radius 3 is 1.92 bits per heavy atom. The second-order valence-electron chi connectivity index (χ2n) is 17.2. The van der Waals surface area contributed by atoms with E-state index in [1.807, 2.05) is 48.5 Å². The molecule has 0 unspecified atom stereocenters. The third kappa shape index (κ3) is 5.92. The first kappa shape index (κ1) is 37.3. The highest BCUT2D eigenvalue weighted by Crippen LogP contribution is 2.65. The van der Waals surface area contributed by atoms with E-state index in [-0.39, 0.29) is 5.41 Å². The topological polar surface area (TPSA) is 42.0 Å². The van der Waals surface area contributed by atoms with Gasteiger partial charge in [-0.05, 0) is 155 Å². The Kier molecular flexibility index (Phi) is 9.00. The van der Waals surface area contributed by atoms with Crippen molar-refractivity contribution in [3.63, 3.8) is 0 Å². The first-order valence-electron chi connectivity index (χ1n) is 22.4. The summed E-state index contributed by atoms with van der Waals surface area (Å²) in [6.07, 6.45) is 21.3. The smallest absolute Gasteiger partial charge is 0.161 e. The van der Waals surface area contributed by atoms with Crippen molar-refractivity contribution in [2.75, 3.05) is 0 Å². The summed E-state index contributed by atoms with van der Waals surface area (Å²) in [5.74, 6) is 1.16. The van der Waals surface area contributed by atoms with Gasteiger partial charge >= 0.3 is 0 Å². The zero-order valence-electron chi connectivity index (χ0n) is 35.3. The molecule has 1 aromatic heterocycles. The van der Waals surface area contributed by atoms with Crippen LogP contribution in [-0.4, -0.2) is 23.0 Å². The molecule has 7 aromatic rings. The number of amidine groups is 2. The van der Waals surface area contributed by atoms with E-state index in [1.54, 1.807) is 16.7 Å². The number of hydrogen-bond donors (Lipinski definition) is 0. The van der Waals surface area contributed by atoms with Crippen molar-refractivity contribution in [2.24, 2.45) is 15.0 Å². The van der Waals surface area contributed by atoms with E-state index in [2.05, 4.69) is 150 Å². The van der Waals surface area contributed by atoms with E-state index in [0.717, 1.165) is 60.9 Å². The van der Waals surface area contributed by atoms with Gasteiger partial charge in [-0.2, -0.15) is 0 Å². The van der Waals surface area contributed by atoms with Crippen LogP contribution in [0.4, 0.5) is 0 Å². The molecule has 63 heavy (non-hydrogen) atoms. The predicted molar refractivity (Wildman–Crippen MR) is 263 cm³/mol. The van der Waals surface area contributed by atoms with Crippen LogP contribution >= 0.6 is 0 Å². The van der Waals surface area contributed by atoms with Crippen LogP contribution in [0.25, 0.3) is 44.2 Å². The van der Waals surface area contributed by atoms with E-state index < -0.39 is 0 Å². The first-order chi connectivity index (χ1) is 31.2. The molecule has 0 radical (unpaired) electrons. The molecule has 4 heteroatoms. The molecule has 0 saturated heterocycles. The van der Waals surface area contributed by atoms with E-state index in [9.17, 15) is 0 Å². The molecule has 0 bridgehead atoms. The number of rotatable bonds is 6. The molecule has 0 N–H and O–H groups in total. The molecule has 4 nitrogen and oxygen atoms in total. The van der Waals surface area contributed by atoms with Gasteiger partial charge < -0.3 is 4.57 Å². The van der Waals surface area contributed by atoms with E-state index in [1.165, 1.54) is 60.8 Å². The Morgan fingerprint density at radius 1 is 0.571 bits per heavy atom. The molecule has 0 fully saturated rings. The van der Waals surface area contributed by atoms with E-state index in [0.29, 0.717) is 18.2 Å². The molecule has 0 saturated carbocycles. The predicted octanol–water partition coefficient (Wildman–Crippen LogP) is 14.2. The van der Waals surface area contributed by atoms with Crippen LogP contribution in [-0.2, 0) is 12.0 Å². The number of aromatic nitrogens is 1. The van der Waals surface area contributed by atoms with Crippen molar-refractivity contribution >= 4 is 45.8 Å². The summed E-state index contributed by atoms with van der Waals surface area (Å²) in [5, 5.41) is 2.53. The van der Waals surface area contributed by atoms with Crippen molar-refractivity contribution in [1.29, 1.82) is 0 Å². The Balaban J connectivity index is 1.04. The number of aliphatic imine (C=N–C) groups is 3. The molecule has 6 aromatic carbocycles. The SMILES string of the molecule is C=NC(=NC(=NCc1ccccc1)c1ccccc1)c1ccc(-n2c3ccc(-c4ccccc4)cc3c3cc4c(cc32)C2=C(CCC=C2)C42C3=C(CCC=C3)C3=C2C=CCC3)cc1. The lowest BCUT2D eigenvalue weighted by Gasteiger charge is -2.36. The fraction of sp³-hybridized carbons (Fsp3) is 0.136. The van der Waals surface area contributed by atoms with Crippen molar-refractivity contribution in [3.8, 4) is 16.8 Å². The molecule has 0 atom stereocenters. The second-order valence-corrected chi connectivity index (χ2v) is 17.2. The van der Waals surface area contributed by atoms with Crippen LogP contribution in [0.3, 0.4) is 0 Å². The number of allylic oxidation sites excluding steroid dienone is 12. The second kappa shape index (κ2) is 15.2. The number of benzene rings is 6. The van der Waals surface area contributed by atoms with Crippen LogP contribution in [0, 0.1) is 0 Å². The minimum atomic E-state index is -0.244. The Labute approximate surface area is 368 Å². The van der Waals surface area contributed by atoms with Gasteiger partial charge in [0.1, 0.15) is 0 Å². The van der Waals surface area contributed by atoms with Gasteiger partial charge in [-0.25, -0.2) is 9.98 Å². The maximum Gasteiger partial charge on any atom is 0.161 e. The van der Waals surface area contributed by atoms with Gasteiger partial charge in [0.2, 0.25) is 0 Å². The molecular weight excluding hydrogens is 765 g/mol. The fourth-order valence-corrected chi connectivity index (χ4v) is 11.2. The summed E-state index contributed by atoms with van der Waals surface area (Å²) in [6.45, 7) is 4.49. The van der Waals surface area contributed by atoms with Crippen molar-refractivity contribution in [1.82, 2.24) is 4.57 Å². The highest BCUT2D eigenvalue weighted by atomic mass is 15.0. The minimum Gasteiger partial charge on any atom is -0.309 e. The van der Waals surface area contributed by atoms with Gasteiger partial charge in [0, 0.05) is 27.6 Å². The molecule has 0 aliphatic heterocycles. The Hall–Kier alpha value is -7.43. The molecule has 1 spiro atoms. The van der Waals surface area contributed by atoms with Crippen LogP contribution in [0.2, 0.25) is 0 Å². The van der Waals surface area contributed by atoms with E-state index >= 15 is 0 Å². The molecule has 1 heterocycles. The maximum atomic E-state index is 5.05. The average Bonchev–Trinajstić information content (AvgIpc) is 3.95. The average molecular weight is 811 g/mol. The van der Waals surface area contributed by atoms with Gasteiger partial charge in [0.25, 0.3) is 0 Å². The largest absolute Gasteiger partial charge is 0.309 e. The van der Waals surface area contributed by atoms with Gasteiger partial charge in [0.15, 0.2) is 11.7 Å². The lowest BCUT2D eigenvalue weighted by molar-refractivity contribution is 0.694. The Bertz CT molecular complexity index is 3230. The summed E-state index contributed by atoms with van der Waals surface area (Å²) >= 11 is 0. The van der Waals surface area contributed by atoms with Crippen LogP contribution in [0.1, 0.15) is 66.3 Å². The number of hydrogen-bond acceptors (Lipinski definition) is 1. The summed E-state index contributed by atoms with van der Waals surface area (Å²) in [4.78, 5) is 14.5. The standard InChI is InChI=1S/C59H46N4/c1-60-57(62-58(41-21-9-4-10-22-41)61-38-39-17-5-2-6-18-39)42-29-32-44(33-30-42)63-55-34-31-43(40-19-7-3-8-20-40)35-49(55)50-36-54-48(37-56(50)63)47-25-13-16-28-53(47)59(54)51-26-14-11-23-45(51)46-24-12-15-27-52(46)59/h2-10,13-15,17-22,25-27,29-37H,1,11-12,16,23-24,28,38H2.